The topological polar surface area (TPSA) is 76.0 Å². The van der Waals surface area contributed by atoms with Gasteiger partial charge in [0.05, 0.1) is 12.2 Å². The molecule has 98 valence electrons. The second-order valence-electron chi connectivity index (χ2n) is 3.86. The first kappa shape index (κ1) is 13.4. The van der Waals surface area contributed by atoms with Crippen molar-refractivity contribution in [3.63, 3.8) is 0 Å². The van der Waals surface area contributed by atoms with Gasteiger partial charge in [-0.05, 0) is 6.07 Å². The molecule has 0 radical (unpaired) electrons. The maximum absolute atomic E-state index is 11.2. The van der Waals surface area contributed by atoms with Gasteiger partial charge in [0, 0.05) is 18.4 Å². The molecule has 1 aliphatic heterocycles. The first-order valence-corrected chi connectivity index (χ1v) is 6.40. The minimum atomic E-state index is -1.06. The number of ether oxygens (including phenoxy) is 2. The average Bonchev–Trinajstić information content (AvgIpc) is 2.83. The van der Waals surface area contributed by atoms with Crippen LogP contribution in [0.5, 0.6) is 0 Å². The third-order valence-electron chi connectivity index (χ3n) is 2.81. The number of benzene rings is 1. The Morgan fingerprint density at radius 3 is 2.89 bits per heavy atom. The Morgan fingerprint density at radius 2 is 2.33 bits per heavy atom. The summed E-state index contributed by atoms with van der Waals surface area (Å²) in [5.41, 5.74) is 0.598. The Hall–Kier alpha value is -1.08. The number of carboxylic acid groups (broad SMARTS) is 1. The Morgan fingerprint density at radius 1 is 1.61 bits per heavy atom. The molecule has 6 heteroatoms. The van der Waals surface area contributed by atoms with Crippen LogP contribution < -0.4 is 0 Å². The highest BCUT2D eigenvalue weighted by Crippen LogP contribution is 2.45. The molecule has 1 aromatic rings. The van der Waals surface area contributed by atoms with E-state index in [0.717, 1.165) is 0 Å². The Kier molecular flexibility index (Phi) is 3.91. The van der Waals surface area contributed by atoms with Crippen LogP contribution in [0.15, 0.2) is 24.3 Å². The van der Waals surface area contributed by atoms with E-state index in [9.17, 15) is 15.0 Å². The number of hydrogen-bond acceptors (Lipinski definition) is 5. The zero-order chi connectivity index (χ0) is 13.2. The molecule has 0 aromatic heterocycles. The average molecular weight is 270 g/mol. The molecule has 1 unspecified atom stereocenters. The number of aliphatic hydroxyl groups excluding tert-OH is 1. The van der Waals surface area contributed by atoms with Gasteiger partial charge in [-0.1, -0.05) is 18.2 Å². The summed E-state index contributed by atoms with van der Waals surface area (Å²) < 4.78 is 10.7. The zero-order valence-electron chi connectivity index (χ0n) is 9.83. The minimum absolute atomic E-state index is 0.135. The molecule has 0 aliphatic carbocycles. The highest BCUT2D eigenvalue weighted by Gasteiger charge is 2.44. The molecule has 1 aromatic carbocycles. The van der Waals surface area contributed by atoms with Crippen LogP contribution in [0.25, 0.3) is 0 Å². The van der Waals surface area contributed by atoms with Crippen molar-refractivity contribution in [1.82, 2.24) is 0 Å². The molecule has 0 spiro atoms. The normalized spacial score (nSPS) is 27.3. The van der Waals surface area contributed by atoms with Gasteiger partial charge in [-0.15, -0.1) is 11.8 Å². The van der Waals surface area contributed by atoms with E-state index in [4.69, 9.17) is 9.47 Å². The number of aliphatic hydroxyl groups is 1. The fourth-order valence-electron chi connectivity index (χ4n) is 1.91. The van der Waals surface area contributed by atoms with E-state index in [1.54, 1.807) is 18.2 Å². The SMILES string of the molecule is COC1CS[C@@](CO)(c2ccccc2C(=O)O)O1. The highest BCUT2D eigenvalue weighted by molar-refractivity contribution is 8.00. The summed E-state index contributed by atoms with van der Waals surface area (Å²) >= 11 is 1.35. The molecule has 0 amide bonds. The number of aromatic carboxylic acids is 1. The van der Waals surface area contributed by atoms with Gasteiger partial charge in [0.1, 0.15) is 0 Å². The first-order chi connectivity index (χ1) is 8.63. The molecule has 2 N–H and O–H groups in total. The number of carbonyl (C=O) groups is 1. The van der Waals surface area contributed by atoms with Crippen molar-refractivity contribution >= 4 is 17.7 Å². The standard InChI is InChI=1S/C12H14O5S/c1-16-10-6-18-12(7-13,17-10)9-5-3-2-4-8(9)11(14)15/h2-5,10,13H,6-7H2,1H3,(H,14,15)/t10?,12-/m0/s1. The summed E-state index contributed by atoms with van der Waals surface area (Å²) in [7, 11) is 1.52. The summed E-state index contributed by atoms with van der Waals surface area (Å²) in [6.07, 6.45) is -0.441. The van der Waals surface area contributed by atoms with E-state index in [0.29, 0.717) is 11.3 Å². The molecular weight excluding hydrogens is 256 g/mol. The largest absolute Gasteiger partial charge is 0.478 e. The third-order valence-corrected chi connectivity index (χ3v) is 4.16. The van der Waals surface area contributed by atoms with Gasteiger partial charge in [-0.2, -0.15) is 0 Å². The van der Waals surface area contributed by atoms with Gasteiger partial charge in [-0.25, -0.2) is 4.79 Å². The van der Waals surface area contributed by atoms with E-state index in [-0.39, 0.29) is 12.2 Å². The van der Waals surface area contributed by atoms with Gasteiger partial charge in [-0.3, -0.25) is 0 Å². The second-order valence-corrected chi connectivity index (χ2v) is 5.14. The summed E-state index contributed by atoms with van der Waals surface area (Å²) in [6, 6.07) is 6.53. The maximum Gasteiger partial charge on any atom is 0.336 e. The molecule has 0 saturated carbocycles. The third kappa shape index (κ3) is 2.24. The molecular formula is C12H14O5S. The molecule has 1 heterocycles. The van der Waals surface area contributed by atoms with Gasteiger partial charge in [0.25, 0.3) is 0 Å². The quantitative estimate of drug-likeness (QED) is 0.858. The van der Waals surface area contributed by atoms with Crippen molar-refractivity contribution in [2.75, 3.05) is 19.5 Å². The van der Waals surface area contributed by atoms with Crippen molar-refractivity contribution in [2.24, 2.45) is 0 Å². The van der Waals surface area contributed by atoms with Crippen LogP contribution in [0.2, 0.25) is 0 Å². The smallest absolute Gasteiger partial charge is 0.336 e. The van der Waals surface area contributed by atoms with E-state index in [1.807, 2.05) is 0 Å². The molecule has 1 saturated heterocycles. The van der Waals surface area contributed by atoms with Crippen molar-refractivity contribution < 1.29 is 24.5 Å². The summed E-state index contributed by atoms with van der Waals surface area (Å²) in [5.74, 6) is -0.492. The van der Waals surface area contributed by atoms with Crippen LogP contribution in [0.1, 0.15) is 15.9 Å². The highest BCUT2D eigenvalue weighted by atomic mass is 32.2. The predicted octanol–water partition coefficient (Wildman–Crippen LogP) is 1.27. The molecule has 5 nitrogen and oxygen atoms in total. The van der Waals surface area contributed by atoms with Gasteiger partial charge < -0.3 is 19.7 Å². The Balaban J connectivity index is 2.42. The van der Waals surface area contributed by atoms with E-state index >= 15 is 0 Å². The lowest BCUT2D eigenvalue weighted by molar-refractivity contribution is -0.155. The zero-order valence-corrected chi connectivity index (χ0v) is 10.6. The molecule has 1 aliphatic rings. The number of hydrogen-bond donors (Lipinski definition) is 2. The fraction of sp³-hybridized carbons (Fsp3) is 0.417. The molecule has 2 rings (SSSR count). The van der Waals surface area contributed by atoms with E-state index < -0.39 is 17.2 Å². The molecule has 2 atom stereocenters. The van der Waals surface area contributed by atoms with Crippen LogP contribution >= 0.6 is 11.8 Å². The summed E-state index contributed by atoms with van der Waals surface area (Å²) in [5, 5.41) is 18.8. The van der Waals surface area contributed by atoms with Crippen LogP contribution in [0.3, 0.4) is 0 Å². The molecule has 1 fully saturated rings. The van der Waals surface area contributed by atoms with Crippen LogP contribution in [-0.2, 0) is 14.4 Å². The van der Waals surface area contributed by atoms with Gasteiger partial charge >= 0.3 is 5.97 Å². The Labute approximate surface area is 109 Å². The lowest BCUT2D eigenvalue weighted by Gasteiger charge is -2.27. The number of rotatable bonds is 4. The van der Waals surface area contributed by atoms with Gasteiger partial charge in [0.15, 0.2) is 11.2 Å². The number of methoxy groups -OCH3 is 1. The predicted molar refractivity (Wildman–Crippen MR) is 66.5 cm³/mol. The van der Waals surface area contributed by atoms with Crippen LogP contribution in [0.4, 0.5) is 0 Å². The van der Waals surface area contributed by atoms with Crippen molar-refractivity contribution in [2.45, 2.75) is 11.2 Å². The fourth-order valence-corrected chi connectivity index (χ4v) is 3.12. The lowest BCUT2D eigenvalue weighted by atomic mass is 10.0. The molecule has 0 bridgehead atoms. The van der Waals surface area contributed by atoms with E-state index in [2.05, 4.69) is 0 Å². The molecule has 18 heavy (non-hydrogen) atoms. The summed E-state index contributed by atoms with van der Waals surface area (Å²) in [4.78, 5) is 10.2. The van der Waals surface area contributed by atoms with Crippen molar-refractivity contribution in [3.05, 3.63) is 35.4 Å². The van der Waals surface area contributed by atoms with Crippen LogP contribution in [0, 0.1) is 0 Å². The minimum Gasteiger partial charge on any atom is -0.478 e. The van der Waals surface area contributed by atoms with Crippen LogP contribution in [-0.4, -0.2) is 41.9 Å². The van der Waals surface area contributed by atoms with Crippen molar-refractivity contribution in [3.8, 4) is 0 Å². The van der Waals surface area contributed by atoms with Crippen molar-refractivity contribution in [1.29, 1.82) is 0 Å². The number of thioether (sulfide) groups is 1. The lowest BCUT2D eigenvalue weighted by Crippen LogP contribution is -2.31. The van der Waals surface area contributed by atoms with E-state index in [1.165, 1.54) is 24.9 Å². The monoisotopic (exact) mass is 270 g/mol. The Bertz CT molecular complexity index is 450. The van der Waals surface area contributed by atoms with Gasteiger partial charge in [0.2, 0.25) is 0 Å². The first-order valence-electron chi connectivity index (χ1n) is 5.41. The maximum atomic E-state index is 11.2. The summed E-state index contributed by atoms with van der Waals surface area (Å²) in [6.45, 7) is -0.304. The number of carboxylic acids is 1. The second kappa shape index (κ2) is 5.27.